The molecule has 0 amide bonds. The van der Waals surface area contributed by atoms with Crippen LogP contribution in [0.2, 0.25) is 0 Å². The predicted molar refractivity (Wildman–Crippen MR) is 203 cm³/mol. The molecule has 282 valence electrons. The van der Waals surface area contributed by atoms with Crippen molar-refractivity contribution in [3.63, 3.8) is 0 Å². The lowest BCUT2D eigenvalue weighted by molar-refractivity contribution is 0.102. The Bertz CT molecular complexity index is 2790. The van der Waals surface area contributed by atoms with Gasteiger partial charge in [-0.05, 0) is 60.4 Å². The van der Waals surface area contributed by atoms with E-state index in [1.807, 2.05) is 13.8 Å². The maximum Gasteiger partial charge on any atom is 0.296 e. The van der Waals surface area contributed by atoms with Gasteiger partial charge in [0.05, 0.1) is 43.6 Å². The number of nitrogens with zero attached hydrogens (tertiary/aromatic N) is 1. The van der Waals surface area contributed by atoms with Crippen molar-refractivity contribution in [3.05, 3.63) is 111 Å². The Morgan fingerprint density at radius 3 is 2.11 bits per heavy atom. The Morgan fingerprint density at radius 2 is 1.46 bits per heavy atom. The molecule has 0 radical (unpaired) electrons. The molecule has 16 heteroatoms. The van der Waals surface area contributed by atoms with E-state index in [2.05, 4.69) is 5.32 Å². The molecule has 6 rings (SSSR count). The largest absolute Gasteiger partial charge is 0.354 e. The van der Waals surface area contributed by atoms with Crippen LogP contribution in [0.5, 0.6) is 0 Å². The zero-order valence-electron chi connectivity index (χ0n) is 29.4. The van der Waals surface area contributed by atoms with Crippen LogP contribution in [0.1, 0.15) is 71.4 Å². The van der Waals surface area contributed by atoms with Crippen molar-refractivity contribution in [1.29, 1.82) is 0 Å². The average molecular weight is 793 g/mol. The number of hydrogen-bond acceptors (Lipinski definition) is 10. The molecule has 3 N–H and O–H groups in total. The molecule has 1 aromatic heterocycles. The molecular weight excluding hydrogens is 757 g/mol. The van der Waals surface area contributed by atoms with Gasteiger partial charge in [0.2, 0.25) is 0 Å². The topological polar surface area (TPSA) is 211 Å². The second-order valence-corrected chi connectivity index (χ2v) is 18.0. The number of hydrogen-bond donors (Lipinski definition) is 3. The van der Waals surface area contributed by atoms with Gasteiger partial charge in [-0.25, -0.2) is 8.42 Å². The molecule has 4 aromatic carbocycles. The molecule has 1 heterocycles. The van der Waals surface area contributed by atoms with E-state index in [1.54, 1.807) is 18.2 Å². The molecule has 0 aliphatic heterocycles. The van der Waals surface area contributed by atoms with E-state index in [0.717, 1.165) is 35.6 Å². The highest BCUT2D eigenvalue weighted by atomic mass is 32.2. The molecule has 1 unspecified atom stereocenters. The first-order chi connectivity index (χ1) is 25.4. The van der Waals surface area contributed by atoms with Gasteiger partial charge in [-0.2, -0.15) is 16.8 Å². The molecule has 5 aromatic rings. The summed E-state index contributed by atoms with van der Waals surface area (Å²) in [7, 11) is -12.4. The third-order valence-corrected chi connectivity index (χ3v) is 13.3. The summed E-state index contributed by atoms with van der Waals surface area (Å²) in [6.07, 6.45) is 2.99. The highest BCUT2D eigenvalue weighted by Gasteiger charge is 2.35. The Kier molecular flexibility index (Phi) is 10.3. The number of carbonyl (C=O) groups excluding carboxylic acids is 2. The smallest absolute Gasteiger partial charge is 0.296 e. The summed E-state index contributed by atoms with van der Waals surface area (Å²) in [5.74, 6) is -1.82. The van der Waals surface area contributed by atoms with Crippen LogP contribution >= 0.6 is 0 Å². The second-order valence-electron chi connectivity index (χ2n) is 13.2. The van der Waals surface area contributed by atoms with Crippen LogP contribution in [-0.2, 0) is 37.1 Å². The molecule has 0 bridgehead atoms. The van der Waals surface area contributed by atoms with Gasteiger partial charge in [0.1, 0.15) is 4.90 Å². The Labute approximate surface area is 312 Å². The fourth-order valence-corrected chi connectivity index (χ4v) is 9.95. The van der Waals surface area contributed by atoms with E-state index >= 15 is 0 Å². The van der Waals surface area contributed by atoms with Crippen molar-refractivity contribution in [1.82, 2.24) is 4.57 Å². The molecule has 0 saturated carbocycles. The minimum absolute atomic E-state index is 0.0137. The third-order valence-electron chi connectivity index (χ3n) is 9.71. The molecular formula is C38H36N2O11S3. The summed E-state index contributed by atoms with van der Waals surface area (Å²) in [5.41, 5.74) is -1.05. The number of carbonyl (C=O) groups is 2. The van der Waals surface area contributed by atoms with Crippen LogP contribution in [0.4, 0.5) is 11.4 Å². The lowest BCUT2D eigenvalue weighted by atomic mass is 9.80. The minimum atomic E-state index is -5.04. The molecule has 1 atom stereocenters. The molecule has 0 saturated heterocycles. The number of rotatable bonds is 13. The number of pyridine rings is 1. The Morgan fingerprint density at radius 1 is 0.778 bits per heavy atom. The summed E-state index contributed by atoms with van der Waals surface area (Å²) in [6, 6.07) is 16.9. The summed E-state index contributed by atoms with van der Waals surface area (Å²) in [4.78, 5) is 40.9. The number of ketones is 2. The zero-order valence-corrected chi connectivity index (χ0v) is 31.8. The first kappa shape index (κ1) is 38.7. The standard InChI is InChI=1S/C38H36N2O11S3/c1-4-6-10-22(5-2)21-52(44,45)24-15-16-28(31(20-24)54(49,50)51)39-29-17-18-30-34-32(26-13-7-8-14-27(26)37(42)33(29)34)35(38(43)40(30)3)36(41)23-11-9-12-25(19-23)53(46,47)48/h7-9,11-20,22,39H,4-6,10,21H2,1-3H3,(H,46,47,48)(H,49,50,51). The van der Waals surface area contributed by atoms with Gasteiger partial charge >= 0.3 is 0 Å². The minimum Gasteiger partial charge on any atom is -0.354 e. The van der Waals surface area contributed by atoms with Crippen molar-refractivity contribution in [2.24, 2.45) is 13.0 Å². The number of fused-ring (bicyclic) bond motifs is 2. The van der Waals surface area contributed by atoms with Crippen molar-refractivity contribution in [2.75, 3.05) is 11.1 Å². The van der Waals surface area contributed by atoms with Crippen molar-refractivity contribution < 1.29 is 43.9 Å². The van der Waals surface area contributed by atoms with E-state index in [-0.39, 0.29) is 66.7 Å². The van der Waals surface area contributed by atoms with Gasteiger partial charge in [-0.3, -0.25) is 23.5 Å². The second kappa shape index (κ2) is 14.3. The number of aromatic nitrogens is 1. The fraction of sp³-hybridized carbons (Fsp3) is 0.237. The number of anilines is 2. The molecule has 1 aliphatic carbocycles. The summed E-state index contributed by atoms with van der Waals surface area (Å²) in [5, 5.41) is 3.03. The molecule has 1 aliphatic rings. The van der Waals surface area contributed by atoms with Crippen molar-refractivity contribution >= 4 is 63.9 Å². The first-order valence-electron chi connectivity index (χ1n) is 17.0. The van der Waals surface area contributed by atoms with Gasteiger partial charge in [-0.1, -0.05) is 69.5 Å². The van der Waals surface area contributed by atoms with Gasteiger partial charge < -0.3 is 9.88 Å². The maximum absolute atomic E-state index is 14.3. The monoisotopic (exact) mass is 792 g/mol. The zero-order chi connectivity index (χ0) is 39.3. The van der Waals surface area contributed by atoms with Crippen LogP contribution in [0.3, 0.4) is 0 Å². The Hall–Kier alpha value is -5.00. The van der Waals surface area contributed by atoms with Gasteiger partial charge in [0.25, 0.3) is 25.8 Å². The number of unbranched alkanes of at least 4 members (excludes halogenated alkanes) is 1. The van der Waals surface area contributed by atoms with Gasteiger partial charge in [-0.15, -0.1) is 0 Å². The van der Waals surface area contributed by atoms with Crippen LogP contribution in [-0.4, -0.2) is 56.2 Å². The average Bonchev–Trinajstić information content (AvgIpc) is 3.13. The highest BCUT2D eigenvalue weighted by Crippen LogP contribution is 2.44. The molecule has 54 heavy (non-hydrogen) atoms. The van der Waals surface area contributed by atoms with E-state index < -0.39 is 62.6 Å². The lowest BCUT2D eigenvalue weighted by Crippen LogP contribution is -2.29. The summed E-state index contributed by atoms with van der Waals surface area (Å²) < 4.78 is 97.3. The molecule has 13 nitrogen and oxygen atoms in total. The molecule has 0 spiro atoms. The SMILES string of the molecule is CCCCC(CC)CS(=O)(=O)c1ccc(Nc2ccc3c4c2C(=O)c2ccccc2-c4c(C(=O)c2cccc(S(=O)(=O)O)c2)c(=O)n3C)c(S(=O)(=O)O)c1. The van der Waals surface area contributed by atoms with Crippen LogP contribution in [0.25, 0.3) is 22.0 Å². The number of benzene rings is 4. The first-order valence-corrected chi connectivity index (χ1v) is 21.5. The predicted octanol–water partition coefficient (Wildman–Crippen LogP) is 6.21. The normalized spacial score (nSPS) is 13.5. The molecule has 0 fully saturated rings. The number of aryl methyl sites for hydroxylation is 1. The van der Waals surface area contributed by atoms with Gasteiger partial charge in [0, 0.05) is 29.1 Å². The summed E-state index contributed by atoms with van der Waals surface area (Å²) in [6.45, 7) is 3.88. The summed E-state index contributed by atoms with van der Waals surface area (Å²) >= 11 is 0. The van der Waals surface area contributed by atoms with Crippen LogP contribution < -0.4 is 10.9 Å². The number of nitrogens with one attached hydrogen (secondary N) is 1. The third kappa shape index (κ3) is 7.02. The maximum atomic E-state index is 14.3. The van der Waals surface area contributed by atoms with E-state index in [0.29, 0.717) is 12.8 Å². The lowest BCUT2D eigenvalue weighted by Gasteiger charge is -2.26. The van der Waals surface area contributed by atoms with E-state index in [4.69, 9.17) is 0 Å². The quantitative estimate of drug-likeness (QED) is 0.0881. The van der Waals surface area contributed by atoms with E-state index in [1.165, 1.54) is 49.5 Å². The van der Waals surface area contributed by atoms with Gasteiger partial charge in [0.15, 0.2) is 21.4 Å². The van der Waals surface area contributed by atoms with Crippen LogP contribution in [0, 0.1) is 5.92 Å². The van der Waals surface area contributed by atoms with E-state index in [9.17, 15) is 48.7 Å². The van der Waals surface area contributed by atoms with Crippen molar-refractivity contribution in [2.45, 2.75) is 54.2 Å². The highest BCUT2D eigenvalue weighted by molar-refractivity contribution is 7.91. The van der Waals surface area contributed by atoms with Crippen molar-refractivity contribution in [3.8, 4) is 11.1 Å². The number of sulfone groups is 1. The fourth-order valence-electron chi connectivity index (χ4n) is 6.89. The van der Waals surface area contributed by atoms with Crippen LogP contribution in [0.15, 0.2) is 98.3 Å². The Balaban J connectivity index is 1.57.